The first-order valence-electron chi connectivity index (χ1n) is 29.5. The van der Waals surface area contributed by atoms with Crippen molar-refractivity contribution in [1.29, 1.82) is 0 Å². The number of likely N-dealkylation sites (tertiary alicyclic amines) is 2. The van der Waals surface area contributed by atoms with Crippen LogP contribution in [-0.2, 0) is 33.4 Å². The van der Waals surface area contributed by atoms with Gasteiger partial charge in [-0.25, -0.2) is 4.79 Å². The van der Waals surface area contributed by atoms with Gasteiger partial charge in [0.15, 0.2) is 0 Å². The summed E-state index contributed by atoms with van der Waals surface area (Å²) >= 11 is 0. The van der Waals surface area contributed by atoms with Crippen molar-refractivity contribution in [3.05, 3.63) is 143 Å². The highest BCUT2D eigenvalue weighted by atomic mass is 16.6. The van der Waals surface area contributed by atoms with Gasteiger partial charge >= 0.3 is 5.97 Å². The van der Waals surface area contributed by atoms with E-state index in [0.29, 0.717) is 24.3 Å². The fourth-order valence-electron chi connectivity index (χ4n) is 11.7. The lowest BCUT2D eigenvalue weighted by Crippen LogP contribution is -2.43. The number of nitrogens with zero attached hydrogens (tertiary/aromatic N) is 2. The van der Waals surface area contributed by atoms with Crippen molar-refractivity contribution >= 4 is 41.4 Å². The highest BCUT2D eigenvalue weighted by molar-refractivity contribution is 6.00. The van der Waals surface area contributed by atoms with E-state index >= 15 is 0 Å². The molecule has 15 heteroatoms. The van der Waals surface area contributed by atoms with Crippen LogP contribution in [0.3, 0.4) is 0 Å². The van der Waals surface area contributed by atoms with E-state index in [9.17, 15) is 33.6 Å². The number of unbranched alkanes of at least 4 members (excludes halogenated alkanes) is 9. The quantitative estimate of drug-likeness (QED) is 0.0335. The highest BCUT2D eigenvalue weighted by Gasteiger charge is 2.50. The summed E-state index contributed by atoms with van der Waals surface area (Å²) in [4.78, 5) is 99.5. The van der Waals surface area contributed by atoms with Crippen LogP contribution >= 0.6 is 0 Å². The fourth-order valence-corrected chi connectivity index (χ4v) is 11.7. The first kappa shape index (κ1) is 57.8. The molecule has 4 aromatic carbocycles. The van der Waals surface area contributed by atoms with E-state index in [1.54, 1.807) is 34.1 Å². The number of nitrogens with one attached hydrogen (secondary N) is 4. The van der Waals surface area contributed by atoms with Gasteiger partial charge in [0, 0.05) is 79.7 Å². The lowest BCUT2D eigenvalue weighted by Gasteiger charge is -2.18. The molecule has 10 atom stereocenters. The van der Waals surface area contributed by atoms with Crippen molar-refractivity contribution in [1.82, 2.24) is 31.1 Å². The summed E-state index contributed by atoms with van der Waals surface area (Å²) in [6.45, 7) is 6.91. The van der Waals surface area contributed by atoms with Crippen LogP contribution in [0.15, 0.2) is 115 Å². The normalized spacial score (nSPS) is 24.6. The van der Waals surface area contributed by atoms with Crippen LogP contribution in [0.2, 0.25) is 0 Å². The molecule has 0 aromatic heterocycles. The average Bonchev–Trinajstić information content (AvgIpc) is 4.52. The Morgan fingerprint density at radius 3 is 1.15 bits per heavy atom. The topological polar surface area (TPSA) is 193 Å². The van der Waals surface area contributed by atoms with Crippen molar-refractivity contribution in [2.24, 2.45) is 23.7 Å². The van der Waals surface area contributed by atoms with Gasteiger partial charge in [-0.15, -0.1) is 0 Å². The van der Waals surface area contributed by atoms with E-state index in [4.69, 9.17) is 9.47 Å². The summed E-state index contributed by atoms with van der Waals surface area (Å²) in [5.41, 5.74) is 3.74. The predicted octanol–water partition coefficient (Wildman–Crippen LogP) is 8.46. The van der Waals surface area contributed by atoms with Crippen molar-refractivity contribution in [3.63, 3.8) is 0 Å². The Morgan fingerprint density at radius 2 is 0.787 bits per heavy atom. The first-order chi connectivity index (χ1) is 38.7. The lowest BCUT2D eigenvalue weighted by atomic mass is 9.94. The molecule has 2 saturated heterocycles. The molecule has 3 saturated carbocycles. The van der Waals surface area contributed by atoms with E-state index in [1.165, 1.54) is 0 Å². The number of carbonyl (C=O) groups excluding carboxylic acids is 7. The minimum absolute atomic E-state index is 0.0228. The van der Waals surface area contributed by atoms with E-state index in [1.807, 2.05) is 75.4 Å². The van der Waals surface area contributed by atoms with Crippen molar-refractivity contribution in [3.8, 4) is 0 Å². The van der Waals surface area contributed by atoms with Gasteiger partial charge in [0.05, 0.1) is 35.9 Å². The number of esters is 1. The molecule has 4 N–H and O–H groups in total. The van der Waals surface area contributed by atoms with Crippen LogP contribution in [0, 0.1) is 23.7 Å². The monoisotopic (exact) mass is 1090 g/mol. The number of rotatable bonds is 27. The Labute approximate surface area is 472 Å². The molecule has 2 heterocycles. The molecule has 426 valence electrons. The maximum Gasteiger partial charge on any atom is 0.332 e. The number of carbonyl (C=O) groups is 7. The summed E-state index contributed by atoms with van der Waals surface area (Å²) in [6, 6.07) is 36.4. The number of benzene rings is 4. The van der Waals surface area contributed by atoms with Gasteiger partial charge in [0.1, 0.15) is 6.61 Å². The molecule has 0 unspecified atom stereocenters. The van der Waals surface area contributed by atoms with Gasteiger partial charge in [0.25, 0.3) is 11.8 Å². The Bertz CT molecular complexity index is 2680. The standard InChI is InChI=1S/C65H82N6O9/c1-65(2,3)80-42-58(72)79-34-22-11-9-7-5-4-6-8-10-21-33-66-59(73)51-38-70(39-52(51)60(74)67-55-35-48(55)43-23-15-12-16-24-43)63(77)46-29-31-47(32-30-46)64(78)71-40-53(61(75)68-56-36-49(56)44-25-17-13-18-26-44)54(41-71)62(76)69-57-37-50(57)45-27-19-14-20-28-45/h12-20,23-32,48-57H,4-11,21-22,33-42H2,1-3H3,(H,66,73)(H,67,74)(H,68,75)(H,69,76)/t48-,49-,50-,51-,52-,53-,54-,55+,56+,57+/m1/s1. The minimum atomic E-state index is -0.740. The smallest absolute Gasteiger partial charge is 0.332 e. The van der Waals surface area contributed by atoms with Crippen LogP contribution in [0.25, 0.3) is 0 Å². The van der Waals surface area contributed by atoms with Gasteiger partial charge in [-0.05, 0) is 93.8 Å². The molecule has 80 heavy (non-hydrogen) atoms. The van der Waals surface area contributed by atoms with Crippen molar-refractivity contribution < 1.29 is 43.0 Å². The molecule has 4 aromatic rings. The zero-order chi connectivity index (χ0) is 56.2. The van der Waals surface area contributed by atoms with Gasteiger partial charge in [-0.2, -0.15) is 0 Å². The highest BCUT2D eigenvalue weighted by Crippen LogP contribution is 2.44. The summed E-state index contributed by atoms with van der Waals surface area (Å²) in [6.07, 6.45) is 12.8. The summed E-state index contributed by atoms with van der Waals surface area (Å²) in [5.74, 6) is -4.29. The first-order valence-corrected chi connectivity index (χ1v) is 29.5. The maximum absolute atomic E-state index is 14.3. The van der Waals surface area contributed by atoms with Crippen LogP contribution in [-0.4, -0.2) is 121 Å². The van der Waals surface area contributed by atoms with E-state index in [0.717, 1.165) is 100 Å². The molecule has 0 radical (unpaired) electrons. The van der Waals surface area contributed by atoms with Gasteiger partial charge < -0.3 is 40.5 Å². The van der Waals surface area contributed by atoms with E-state index < -0.39 is 23.7 Å². The Kier molecular flexibility index (Phi) is 19.6. The van der Waals surface area contributed by atoms with Gasteiger partial charge in [-0.3, -0.25) is 28.8 Å². The second-order valence-corrected chi connectivity index (χ2v) is 24.0. The van der Waals surface area contributed by atoms with Crippen LogP contribution in [0.1, 0.15) is 159 Å². The fraction of sp³-hybridized carbons (Fsp3) is 0.523. The molecule has 5 fully saturated rings. The van der Waals surface area contributed by atoms with Gasteiger partial charge in [0.2, 0.25) is 23.6 Å². The molecule has 0 bridgehead atoms. The third-order valence-corrected chi connectivity index (χ3v) is 16.7. The van der Waals surface area contributed by atoms with Crippen molar-refractivity contribution in [2.75, 3.05) is 45.9 Å². The van der Waals surface area contributed by atoms with E-state index in [2.05, 4.69) is 57.7 Å². The molecule has 15 nitrogen and oxygen atoms in total. The number of ether oxygens (including phenoxy) is 2. The van der Waals surface area contributed by atoms with Crippen LogP contribution in [0.5, 0.6) is 0 Å². The third-order valence-electron chi connectivity index (χ3n) is 16.7. The number of hydrogen-bond acceptors (Lipinski definition) is 9. The summed E-state index contributed by atoms with van der Waals surface area (Å²) in [5, 5.41) is 12.7. The van der Waals surface area contributed by atoms with E-state index in [-0.39, 0.29) is 116 Å². The average molecular weight is 1090 g/mol. The van der Waals surface area contributed by atoms with Crippen molar-refractivity contribution in [2.45, 2.75) is 146 Å². The molecular weight excluding hydrogens is 1010 g/mol. The maximum atomic E-state index is 14.3. The Balaban J connectivity index is 0.755. The molecule has 3 aliphatic carbocycles. The summed E-state index contributed by atoms with van der Waals surface area (Å²) < 4.78 is 10.7. The molecule has 2 aliphatic heterocycles. The second kappa shape index (κ2) is 27.1. The molecule has 9 rings (SSSR count). The van der Waals surface area contributed by atoms with Crippen LogP contribution < -0.4 is 21.3 Å². The SMILES string of the molecule is CC(C)(C)OCC(=O)OCCCCCCCCCCCCNC(=O)[C@@H]1CN(C(=O)c2ccc(C(=O)N3C[C@@H](C(=O)N[C@H]4C[C@@H]4c4ccccc4)[C@H](C(=O)N[C@H]4C[C@@H]4c4ccccc4)C3)cc2)C[C@H]1C(=O)N[C@H]1C[C@@H]1c1ccccc1. The second-order valence-electron chi connectivity index (χ2n) is 24.0. The Hall–Kier alpha value is -6.87. The molecule has 6 amide bonds. The Morgan fingerprint density at radius 1 is 0.450 bits per heavy atom. The largest absolute Gasteiger partial charge is 0.464 e. The molecule has 5 aliphatic rings. The molecule has 0 spiro atoms. The number of hydrogen-bond donors (Lipinski definition) is 4. The number of amides is 6. The summed E-state index contributed by atoms with van der Waals surface area (Å²) in [7, 11) is 0. The predicted molar refractivity (Wildman–Crippen MR) is 305 cm³/mol. The lowest BCUT2D eigenvalue weighted by molar-refractivity contribution is -0.154. The molecular formula is C65H82N6O9. The minimum Gasteiger partial charge on any atom is -0.464 e. The zero-order valence-corrected chi connectivity index (χ0v) is 47.0. The third kappa shape index (κ3) is 15.9. The zero-order valence-electron chi connectivity index (χ0n) is 47.0. The van der Waals surface area contributed by atoms with Crippen LogP contribution in [0.4, 0.5) is 0 Å². The van der Waals surface area contributed by atoms with Gasteiger partial charge in [-0.1, -0.05) is 142 Å².